The molecule has 10 heavy (non-hydrogen) atoms. The first-order valence-electron chi connectivity index (χ1n) is 3.99. The van der Waals surface area contributed by atoms with Crippen LogP contribution in [0.3, 0.4) is 0 Å². The second kappa shape index (κ2) is 4.69. The van der Waals surface area contributed by atoms with Crippen LogP contribution in [0.1, 0.15) is 27.2 Å². The van der Waals surface area contributed by atoms with E-state index in [1.54, 1.807) is 0 Å². The van der Waals surface area contributed by atoms with Crippen LogP contribution in [0, 0.1) is 11.8 Å². The van der Waals surface area contributed by atoms with Gasteiger partial charge in [-0.25, -0.2) is 0 Å². The largest absolute Gasteiger partial charge is 0.396 e. The van der Waals surface area contributed by atoms with Crippen molar-refractivity contribution in [2.75, 3.05) is 6.61 Å². The number of nitrogens with two attached hydrogens (primary N) is 1. The van der Waals surface area contributed by atoms with Gasteiger partial charge in [-0.1, -0.05) is 20.8 Å². The molecule has 0 fully saturated rings. The maximum atomic E-state index is 8.92. The Labute approximate surface area is 63.4 Å². The number of hydrogen-bond acceptors (Lipinski definition) is 2. The topological polar surface area (TPSA) is 46.2 Å². The molecule has 0 aromatic heterocycles. The molecule has 0 bridgehead atoms. The van der Waals surface area contributed by atoms with E-state index in [0.717, 1.165) is 6.42 Å². The van der Waals surface area contributed by atoms with Gasteiger partial charge in [0.05, 0.1) is 0 Å². The first-order chi connectivity index (χ1) is 4.63. The van der Waals surface area contributed by atoms with Crippen molar-refractivity contribution in [2.45, 2.75) is 33.2 Å². The third kappa shape index (κ3) is 2.67. The SMILES string of the molecule is CCC(N)C(CO)C(C)C. The van der Waals surface area contributed by atoms with Crippen LogP contribution in [0.4, 0.5) is 0 Å². The zero-order valence-electron chi connectivity index (χ0n) is 7.17. The van der Waals surface area contributed by atoms with Gasteiger partial charge >= 0.3 is 0 Å². The van der Waals surface area contributed by atoms with E-state index in [2.05, 4.69) is 20.8 Å². The Morgan fingerprint density at radius 2 is 1.90 bits per heavy atom. The maximum absolute atomic E-state index is 8.92. The average Bonchev–Trinajstić information content (AvgIpc) is 1.88. The van der Waals surface area contributed by atoms with Gasteiger partial charge in [-0.2, -0.15) is 0 Å². The van der Waals surface area contributed by atoms with Crippen molar-refractivity contribution in [3.05, 3.63) is 0 Å². The van der Waals surface area contributed by atoms with Gasteiger partial charge in [0.2, 0.25) is 0 Å². The van der Waals surface area contributed by atoms with Crippen LogP contribution in [-0.4, -0.2) is 17.8 Å². The van der Waals surface area contributed by atoms with Gasteiger partial charge in [0.1, 0.15) is 0 Å². The third-order valence-corrected chi connectivity index (χ3v) is 2.09. The standard InChI is InChI=1S/C8H19NO/c1-4-8(9)7(5-10)6(2)3/h6-8,10H,4-5,9H2,1-3H3. The van der Waals surface area contributed by atoms with Crippen molar-refractivity contribution >= 4 is 0 Å². The van der Waals surface area contributed by atoms with Gasteiger partial charge in [-0.15, -0.1) is 0 Å². The normalized spacial score (nSPS) is 17.4. The van der Waals surface area contributed by atoms with Gasteiger partial charge in [0, 0.05) is 12.6 Å². The molecule has 2 nitrogen and oxygen atoms in total. The minimum absolute atomic E-state index is 0.157. The van der Waals surface area contributed by atoms with Crippen LogP contribution in [0.5, 0.6) is 0 Å². The molecule has 0 aliphatic carbocycles. The second-order valence-electron chi connectivity index (χ2n) is 3.16. The molecule has 3 N–H and O–H groups in total. The monoisotopic (exact) mass is 145 g/mol. The summed E-state index contributed by atoms with van der Waals surface area (Å²) >= 11 is 0. The van der Waals surface area contributed by atoms with Crippen molar-refractivity contribution in [1.29, 1.82) is 0 Å². The Morgan fingerprint density at radius 1 is 1.40 bits per heavy atom. The lowest BCUT2D eigenvalue weighted by Crippen LogP contribution is -2.35. The Hall–Kier alpha value is -0.0800. The summed E-state index contributed by atoms with van der Waals surface area (Å²) in [5, 5.41) is 8.92. The summed E-state index contributed by atoms with van der Waals surface area (Å²) in [6.45, 7) is 6.45. The summed E-state index contributed by atoms with van der Waals surface area (Å²) in [6, 6.07) is 0.157. The Bertz CT molecular complexity index is 83.3. The van der Waals surface area contributed by atoms with Crippen LogP contribution in [-0.2, 0) is 0 Å². The van der Waals surface area contributed by atoms with Crippen LogP contribution in [0.25, 0.3) is 0 Å². The van der Waals surface area contributed by atoms with Gasteiger partial charge in [-0.3, -0.25) is 0 Å². The highest BCUT2D eigenvalue weighted by Crippen LogP contribution is 2.14. The number of aliphatic hydroxyl groups is 1. The summed E-state index contributed by atoms with van der Waals surface area (Å²) in [5.41, 5.74) is 5.77. The lowest BCUT2D eigenvalue weighted by atomic mass is 9.88. The summed E-state index contributed by atoms with van der Waals surface area (Å²) in [4.78, 5) is 0. The highest BCUT2D eigenvalue weighted by molar-refractivity contribution is 4.73. The summed E-state index contributed by atoms with van der Waals surface area (Å²) in [6.07, 6.45) is 0.948. The van der Waals surface area contributed by atoms with E-state index in [1.807, 2.05) is 0 Å². The number of rotatable bonds is 4. The third-order valence-electron chi connectivity index (χ3n) is 2.09. The summed E-state index contributed by atoms with van der Waals surface area (Å²) in [5.74, 6) is 0.755. The molecule has 0 amide bonds. The van der Waals surface area contributed by atoms with Gasteiger partial charge in [-0.05, 0) is 18.3 Å². The Kier molecular flexibility index (Phi) is 4.65. The minimum atomic E-state index is 0.157. The predicted molar refractivity (Wildman–Crippen MR) is 43.7 cm³/mol. The lowest BCUT2D eigenvalue weighted by molar-refractivity contribution is 0.163. The molecule has 0 spiro atoms. The van der Waals surface area contributed by atoms with Crippen LogP contribution >= 0.6 is 0 Å². The lowest BCUT2D eigenvalue weighted by Gasteiger charge is -2.23. The highest BCUT2D eigenvalue weighted by Gasteiger charge is 2.18. The molecule has 62 valence electrons. The van der Waals surface area contributed by atoms with E-state index < -0.39 is 0 Å². The molecule has 0 rings (SSSR count). The first-order valence-corrected chi connectivity index (χ1v) is 3.99. The zero-order chi connectivity index (χ0) is 8.15. The van der Waals surface area contributed by atoms with Crippen LogP contribution in [0.15, 0.2) is 0 Å². The molecule has 0 heterocycles. The molecule has 0 aliphatic rings. The maximum Gasteiger partial charge on any atom is 0.0476 e. The Balaban J connectivity index is 3.80. The molecule has 0 aromatic carbocycles. The molecule has 0 saturated carbocycles. The smallest absolute Gasteiger partial charge is 0.0476 e. The van der Waals surface area contributed by atoms with Gasteiger partial charge in [0.15, 0.2) is 0 Å². The fourth-order valence-corrected chi connectivity index (χ4v) is 1.14. The van der Waals surface area contributed by atoms with E-state index in [4.69, 9.17) is 10.8 Å². The number of aliphatic hydroxyl groups excluding tert-OH is 1. The Morgan fingerprint density at radius 3 is 2.00 bits per heavy atom. The molecular formula is C8H19NO. The summed E-state index contributed by atoms with van der Waals surface area (Å²) in [7, 11) is 0. The van der Waals surface area contributed by atoms with E-state index >= 15 is 0 Å². The van der Waals surface area contributed by atoms with E-state index in [9.17, 15) is 0 Å². The molecule has 2 heteroatoms. The zero-order valence-corrected chi connectivity index (χ0v) is 7.17. The van der Waals surface area contributed by atoms with Crippen molar-refractivity contribution < 1.29 is 5.11 Å². The summed E-state index contributed by atoms with van der Waals surface area (Å²) < 4.78 is 0. The molecule has 0 radical (unpaired) electrons. The highest BCUT2D eigenvalue weighted by atomic mass is 16.3. The first kappa shape index (κ1) is 9.92. The number of hydrogen-bond donors (Lipinski definition) is 2. The average molecular weight is 145 g/mol. The van der Waals surface area contributed by atoms with E-state index in [1.165, 1.54) is 0 Å². The molecule has 0 aliphatic heterocycles. The minimum Gasteiger partial charge on any atom is -0.396 e. The van der Waals surface area contributed by atoms with Crippen LogP contribution < -0.4 is 5.73 Å². The second-order valence-corrected chi connectivity index (χ2v) is 3.16. The molecular weight excluding hydrogens is 126 g/mol. The van der Waals surface area contributed by atoms with E-state index in [-0.39, 0.29) is 18.6 Å². The van der Waals surface area contributed by atoms with Gasteiger partial charge < -0.3 is 10.8 Å². The molecule has 2 atom stereocenters. The van der Waals surface area contributed by atoms with Crippen molar-refractivity contribution in [1.82, 2.24) is 0 Å². The molecule has 2 unspecified atom stereocenters. The fraction of sp³-hybridized carbons (Fsp3) is 1.00. The van der Waals surface area contributed by atoms with E-state index in [0.29, 0.717) is 5.92 Å². The predicted octanol–water partition coefficient (Wildman–Crippen LogP) is 0.988. The van der Waals surface area contributed by atoms with Crippen molar-refractivity contribution in [3.8, 4) is 0 Å². The fourth-order valence-electron chi connectivity index (χ4n) is 1.14. The molecule has 0 aromatic rings. The van der Waals surface area contributed by atoms with Crippen molar-refractivity contribution in [2.24, 2.45) is 17.6 Å². The van der Waals surface area contributed by atoms with Gasteiger partial charge in [0.25, 0.3) is 0 Å². The van der Waals surface area contributed by atoms with Crippen molar-refractivity contribution in [3.63, 3.8) is 0 Å². The van der Waals surface area contributed by atoms with Crippen LogP contribution in [0.2, 0.25) is 0 Å². The molecule has 0 saturated heterocycles. The quantitative estimate of drug-likeness (QED) is 0.619.